The van der Waals surface area contributed by atoms with Gasteiger partial charge in [-0.1, -0.05) is 18.2 Å². The maximum absolute atomic E-state index is 13.1. The van der Waals surface area contributed by atoms with Crippen LogP contribution in [0.5, 0.6) is 0 Å². The number of halogens is 3. The first-order valence-electron chi connectivity index (χ1n) is 6.88. The van der Waals surface area contributed by atoms with E-state index in [1.807, 2.05) is 4.90 Å². The van der Waals surface area contributed by atoms with Crippen molar-refractivity contribution in [1.29, 1.82) is 0 Å². The second kappa shape index (κ2) is 5.57. The average Bonchev–Trinajstić information content (AvgIpc) is 2.93. The van der Waals surface area contributed by atoms with Gasteiger partial charge in [0.2, 0.25) is 0 Å². The van der Waals surface area contributed by atoms with E-state index in [2.05, 4.69) is 9.97 Å². The third kappa shape index (κ3) is 2.89. The van der Waals surface area contributed by atoms with Gasteiger partial charge in [0.15, 0.2) is 5.82 Å². The summed E-state index contributed by atoms with van der Waals surface area (Å²) in [6, 6.07) is 6.89. The topological polar surface area (TPSA) is 49.2 Å². The number of anilines is 1. The number of alkyl halides is 3. The van der Waals surface area contributed by atoms with Crippen LogP contribution in [0.3, 0.4) is 0 Å². The van der Waals surface area contributed by atoms with Gasteiger partial charge in [-0.25, -0.2) is 9.97 Å². The molecule has 1 N–H and O–H groups in total. The molecule has 1 aromatic heterocycles. The first kappa shape index (κ1) is 14.8. The van der Waals surface area contributed by atoms with Crippen LogP contribution in [0.1, 0.15) is 12.0 Å². The van der Waals surface area contributed by atoms with Crippen molar-refractivity contribution in [3.8, 4) is 11.4 Å². The van der Waals surface area contributed by atoms with Crippen LogP contribution < -0.4 is 4.90 Å². The van der Waals surface area contributed by atoms with E-state index in [-0.39, 0.29) is 11.4 Å². The number of aromatic nitrogens is 2. The Kier molecular flexibility index (Phi) is 3.74. The molecule has 0 radical (unpaired) electrons. The summed E-state index contributed by atoms with van der Waals surface area (Å²) in [5, 5.41) is 9.56. The van der Waals surface area contributed by atoms with Crippen LogP contribution in [0.2, 0.25) is 0 Å². The van der Waals surface area contributed by atoms with Crippen LogP contribution in [0.15, 0.2) is 36.5 Å². The Balaban J connectivity index is 2.00. The van der Waals surface area contributed by atoms with E-state index in [4.69, 9.17) is 0 Å². The highest BCUT2D eigenvalue weighted by atomic mass is 19.4. The number of benzene rings is 1. The van der Waals surface area contributed by atoms with Gasteiger partial charge in [0.1, 0.15) is 5.82 Å². The molecular weight excluding hydrogens is 295 g/mol. The lowest BCUT2D eigenvalue weighted by molar-refractivity contribution is -0.137. The summed E-state index contributed by atoms with van der Waals surface area (Å²) < 4.78 is 39.3. The molecule has 1 aliphatic heterocycles. The molecule has 1 fully saturated rings. The number of aliphatic hydroxyl groups is 1. The van der Waals surface area contributed by atoms with E-state index in [0.29, 0.717) is 25.3 Å². The van der Waals surface area contributed by atoms with E-state index < -0.39 is 17.8 Å². The zero-order valence-electron chi connectivity index (χ0n) is 11.6. The fraction of sp³-hybridized carbons (Fsp3) is 0.333. The molecule has 0 amide bonds. The van der Waals surface area contributed by atoms with Gasteiger partial charge in [-0.3, -0.25) is 0 Å². The van der Waals surface area contributed by atoms with Gasteiger partial charge in [0.25, 0.3) is 0 Å². The van der Waals surface area contributed by atoms with Gasteiger partial charge in [-0.05, 0) is 18.6 Å². The van der Waals surface area contributed by atoms with E-state index in [1.165, 1.54) is 24.4 Å². The van der Waals surface area contributed by atoms with Gasteiger partial charge in [0.05, 0.1) is 11.7 Å². The summed E-state index contributed by atoms with van der Waals surface area (Å²) in [5.74, 6) is 0.561. The van der Waals surface area contributed by atoms with Crippen LogP contribution in [0.4, 0.5) is 19.0 Å². The van der Waals surface area contributed by atoms with Crippen LogP contribution >= 0.6 is 0 Å². The number of nitrogens with zero attached hydrogens (tertiary/aromatic N) is 3. The molecule has 3 rings (SSSR count). The minimum Gasteiger partial charge on any atom is -0.391 e. The summed E-state index contributed by atoms with van der Waals surface area (Å²) in [6.07, 6.45) is -2.82. The summed E-state index contributed by atoms with van der Waals surface area (Å²) >= 11 is 0. The van der Waals surface area contributed by atoms with Crippen molar-refractivity contribution in [2.45, 2.75) is 18.7 Å². The molecule has 0 aliphatic carbocycles. The van der Waals surface area contributed by atoms with Crippen molar-refractivity contribution in [2.75, 3.05) is 18.0 Å². The molecule has 0 unspecified atom stereocenters. The first-order valence-corrected chi connectivity index (χ1v) is 6.88. The summed E-state index contributed by atoms with van der Waals surface area (Å²) in [6.45, 7) is 1.05. The number of aliphatic hydroxyl groups excluding tert-OH is 1. The summed E-state index contributed by atoms with van der Waals surface area (Å²) in [5.41, 5.74) is -0.801. The van der Waals surface area contributed by atoms with Gasteiger partial charge in [-0.15, -0.1) is 0 Å². The highest BCUT2D eigenvalue weighted by Crippen LogP contribution is 2.36. The molecule has 1 saturated heterocycles. The van der Waals surface area contributed by atoms with Gasteiger partial charge >= 0.3 is 6.18 Å². The third-order valence-corrected chi connectivity index (χ3v) is 3.60. The van der Waals surface area contributed by atoms with E-state index in [0.717, 1.165) is 6.07 Å². The Morgan fingerprint density at radius 2 is 1.95 bits per heavy atom. The third-order valence-electron chi connectivity index (χ3n) is 3.60. The minimum atomic E-state index is -4.46. The quantitative estimate of drug-likeness (QED) is 0.927. The fourth-order valence-electron chi connectivity index (χ4n) is 2.53. The second-order valence-corrected chi connectivity index (χ2v) is 5.17. The lowest BCUT2D eigenvalue weighted by atomic mass is 10.1. The van der Waals surface area contributed by atoms with Gasteiger partial charge < -0.3 is 10.0 Å². The largest absolute Gasteiger partial charge is 0.417 e. The Morgan fingerprint density at radius 3 is 2.64 bits per heavy atom. The Labute approximate surface area is 125 Å². The predicted molar refractivity (Wildman–Crippen MR) is 75.3 cm³/mol. The minimum absolute atomic E-state index is 0.0341. The zero-order valence-corrected chi connectivity index (χ0v) is 11.6. The average molecular weight is 309 g/mol. The van der Waals surface area contributed by atoms with E-state index in [9.17, 15) is 18.3 Å². The monoisotopic (exact) mass is 309 g/mol. The maximum Gasteiger partial charge on any atom is 0.417 e. The van der Waals surface area contributed by atoms with Crippen molar-refractivity contribution in [2.24, 2.45) is 0 Å². The molecule has 1 atom stereocenters. The van der Waals surface area contributed by atoms with Crippen LogP contribution in [-0.4, -0.2) is 34.3 Å². The number of hydrogen-bond donors (Lipinski definition) is 1. The molecule has 0 bridgehead atoms. The van der Waals surface area contributed by atoms with Crippen molar-refractivity contribution in [1.82, 2.24) is 9.97 Å². The first-order chi connectivity index (χ1) is 10.4. The van der Waals surface area contributed by atoms with Crippen LogP contribution in [0, 0.1) is 0 Å². The van der Waals surface area contributed by atoms with Crippen molar-refractivity contribution in [3.05, 3.63) is 42.1 Å². The molecule has 2 heterocycles. The van der Waals surface area contributed by atoms with Crippen LogP contribution in [-0.2, 0) is 6.18 Å². The molecule has 0 spiro atoms. The van der Waals surface area contributed by atoms with Gasteiger partial charge in [-0.2, -0.15) is 13.2 Å². The van der Waals surface area contributed by atoms with E-state index in [1.54, 1.807) is 6.07 Å². The fourth-order valence-corrected chi connectivity index (χ4v) is 2.53. The Hall–Kier alpha value is -2.15. The molecule has 22 heavy (non-hydrogen) atoms. The van der Waals surface area contributed by atoms with E-state index >= 15 is 0 Å². The highest BCUT2D eigenvalue weighted by molar-refractivity contribution is 5.62. The van der Waals surface area contributed by atoms with Crippen molar-refractivity contribution < 1.29 is 18.3 Å². The molecule has 1 aliphatic rings. The smallest absolute Gasteiger partial charge is 0.391 e. The summed E-state index contributed by atoms with van der Waals surface area (Å²) in [7, 11) is 0. The van der Waals surface area contributed by atoms with Gasteiger partial charge in [0, 0.05) is 24.8 Å². The standard InChI is InChI=1S/C15H14F3N3O/c16-15(17,18)12-4-2-1-3-11(12)14-19-7-5-13(20-14)21-8-6-10(22)9-21/h1-5,7,10,22H,6,8-9H2/t10-/m0/s1. The van der Waals surface area contributed by atoms with Crippen molar-refractivity contribution in [3.63, 3.8) is 0 Å². The Bertz CT molecular complexity index is 675. The predicted octanol–water partition coefficient (Wildman–Crippen LogP) is 2.73. The molecule has 2 aromatic rings. The zero-order chi connectivity index (χ0) is 15.7. The second-order valence-electron chi connectivity index (χ2n) is 5.17. The molecule has 116 valence electrons. The lowest BCUT2D eigenvalue weighted by Crippen LogP contribution is -2.22. The number of rotatable bonds is 2. The van der Waals surface area contributed by atoms with Crippen LogP contribution in [0.25, 0.3) is 11.4 Å². The maximum atomic E-state index is 13.1. The lowest BCUT2D eigenvalue weighted by Gasteiger charge is -2.17. The SMILES string of the molecule is O[C@H]1CCN(c2ccnc(-c3ccccc3C(F)(F)F)n2)C1. The molecule has 1 aromatic carbocycles. The normalized spacial score (nSPS) is 18.7. The molecule has 4 nitrogen and oxygen atoms in total. The molecule has 0 saturated carbocycles. The molecular formula is C15H14F3N3O. The molecule has 7 heteroatoms. The number of β-amino-alcohol motifs (C(OH)–C–C–N with tert-alkyl or cyclic N) is 1. The highest BCUT2D eigenvalue weighted by Gasteiger charge is 2.34. The summed E-state index contributed by atoms with van der Waals surface area (Å²) in [4.78, 5) is 10.1. The van der Waals surface area contributed by atoms with Crippen molar-refractivity contribution >= 4 is 5.82 Å². The number of hydrogen-bond acceptors (Lipinski definition) is 4. The Morgan fingerprint density at radius 1 is 1.18 bits per heavy atom.